The lowest BCUT2D eigenvalue weighted by Crippen LogP contribution is -1.97. The summed E-state index contributed by atoms with van der Waals surface area (Å²) in [5, 5.41) is 16.9. The number of carboxylic acids is 1. The molecule has 1 aromatic heterocycles. The third-order valence-electron chi connectivity index (χ3n) is 2.66. The van der Waals surface area contributed by atoms with E-state index in [1.54, 1.807) is 11.8 Å². The molecule has 0 bridgehead atoms. The number of carbonyl (C=O) groups is 1. The third-order valence-corrected chi connectivity index (χ3v) is 4.77. The van der Waals surface area contributed by atoms with Crippen LogP contribution >= 0.6 is 23.5 Å². The highest BCUT2D eigenvalue weighted by atomic mass is 32.2. The first-order valence-electron chi connectivity index (χ1n) is 5.65. The molecule has 1 aliphatic heterocycles. The fourth-order valence-electron chi connectivity index (χ4n) is 1.85. The van der Waals surface area contributed by atoms with Crippen LogP contribution in [0.5, 0.6) is 0 Å². The van der Waals surface area contributed by atoms with Crippen LogP contribution in [-0.2, 0) is 11.2 Å². The van der Waals surface area contributed by atoms with Crippen LogP contribution in [0.1, 0.15) is 16.7 Å². The Balaban J connectivity index is 1.70. The van der Waals surface area contributed by atoms with E-state index in [4.69, 9.17) is 9.52 Å². The second kappa shape index (κ2) is 5.26. The number of hydrogen-bond acceptors (Lipinski definition) is 6. The van der Waals surface area contributed by atoms with Gasteiger partial charge in [-0.15, -0.1) is 22.0 Å². The number of carboxylic acid groups (broad SMARTS) is 1. The van der Waals surface area contributed by atoms with Gasteiger partial charge in [-0.05, 0) is 18.1 Å². The zero-order chi connectivity index (χ0) is 13.2. The van der Waals surface area contributed by atoms with Crippen molar-refractivity contribution in [1.82, 2.24) is 10.2 Å². The predicted molar refractivity (Wildman–Crippen MR) is 71.4 cm³/mol. The summed E-state index contributed by atoms with van der Waals surface area (Å²) in [6, 6.07) is 8.20. The smallest absolute Gasteiger partial charge is 0.314 e. The molecule has 1 unspecified atom stereocenters. The largest absolute Gasteiger partial charge is 0.481 e. The lowest BCUT2D eigenvalue weighted by atomic mass is 10.1. The number of thioether (sulfide) groups is 2. The quantitative estimate of drug-likeness (QED) is 0.868. The number of fused-ring (bicyclic) bond motifs is 1. The normalized spacial score (nSPS) is 17.4. The summed E-state index contributed by atoms with van der Waals surface area (Å²) in [4.78, 5) is 11.7. The average molecular weight is 294 g/mol. The van der Waals surface area contributed by atoms with Crippen LogP contribution in [0.3, 0.4) is 0 Å². The molecule has 2 aromatic rings. The van der Waals surface area contributed by atoms with Crippen LogP contribution in [0.25, 0.3) is 0 Å². The molecule has 1 aliphatic rings. The van der Waals surface area contributed by atoms with Crippen molar-refractivity contribution in [2.45, 2.75) is 21.8 Å². The molecule has 19 heavy (non-hydrogen) atoms. The highest BCUT2D eigenvalue weighted by molar-refractivity contribution is 8.00. The van der Waals surface area contributed by atoms with Crippen molar-refractivity contribution < 1.29 is 14.3 Å². The van der Waals surface area contributed by atoms with E-state index in [1.165, 1.54) is 10.5 Å². The molecule has 5 nitrogen and oxygen atoms in total. The molecule has 0 fully saturated rings. The Morgan fingerprint density at radius 1 is 1.47 bits per heavy atom. The fourth-order valence-corrected chi connectivity index (χ4v) is 3.57. The van der Waals surface area contributed by atoms with Crippen molar-refractivity contribution in [3.05, 3.63) is 35.7 Å². The lowest BCUT2D eigenvalue weighted by molar-refractivity contribution is -0.133. The van der Waals surface area contributed by atoms with E-state index < -0.39 is 5.97 Å². The SMILES string of the molecule is O=C(O)CSc1nnc(C2Cc3ccccc3S2)o1. The van der Waals surface area contributed by atoms with E-state index in [-0.39, 0.29) is 11.0 Å². The molecule has 0 saturated carbocycles. The van der Waals surface area contributed by atoms with E-state index in [1.807, 2.05) is 12.1 Å². The van der Waals surface area contributed by atoms with Gasteiger partial charge < -0.3 is 9.52 Å². The van der Waals surface area contributed by atoms with Crippen LogP contribution in [0, 0.1) is 0 Å². The molecule has 0 radical (unpaired) electrons. The average Bonchev–Trinajstić information content (AvgIpc) is 3.02. The maximum Gasteiger partial charge on any atom is 0.314 e. The first-order chi connectivity index (χ1) is 9.22. The Labute approximate surface area is 117 Å². The fraction of sp³-hybridized carbons (Fsp3) is 0.250. The van der Waals surface area contributed by atoms with Gasteiger partial charge in [0.25, 0.3) is 5.22 Å². The Morgan fingerprint density at radius 3 is 3.11 bits per heavy atom. The van der Waals surface area contributed by atoms with Crippen molar-refractivity contribution in [2.24, 2.45) is 0 Å². The van der Waals surface area contributed by atoms with E-state index in [2.05, 4.69) is 22.3 Å². The summed E-state index contributed by atoms with van der Waals surface area (Å²) in [6.07, 6.45) is 0.867. The Bertz CT molecular complexity index is 590. The summed E-state index contributed by atoms with van der Waals surface area (Å²) < 4.78 is 5.51. The Morgan fingerprint density at radius 2 is 2.32 bits per heavy atom. The molecular weight excluding hydrogens is 284 g/mol. The van der Waals surface area contributed by atoms with Gasteiger partial charge in [0.05, 0.1) is 5.25 Å². The standard InChI is InChI=1S/C12H10N2O3S2/c15-10(16)6-18-12-14-13-11(17-12)9-5-7-3-1-2-4-8(7)19-9/h1-4,9H,5-6H2,(H,15,16). The van der Waals surface area contributed by atoms with Gasteiger partial charge in [-0.25, -0.2) is 0 Å². The minimum atomic E-state index is -0.896. The van der Waals surface area contributed by atoms with E-state index >= 15 is 0 Å². The number of rotatable bonds is 4. The van der Waals surface area contributed by atoms with Crippen molar-refractivity contribution in [3.63, 3.8) is 0 Å². The Hall–Kier alpha value is -1.47. The predicted octanol–water partition coefficient (Wildman–Crippen LogP) is 2.64. The van der Waals surface area contributed by atoms with E-state index in [9.17, 15) is 4.79 Å². The molecular formula is C12H10N2O3S2. The van der Waals surface area contributed by atoms with Crippen LogP contribution in [0.2, 0.25) is 0 Å². The molecule has 98 valence electrons. The third kappa shape index (κ3) is 2.76. The van der Waals surface area contributed by atoms with Crippen LogP contribution < -0.4 is 0 Å². The van der Waals surface area contributed by atoms with Gasteiger partial charge in [0.15, 0.2) is 0 Å². The molecule has 0 amide bonds. The molecule has 0 saturated heterocycles. The molecule has 3 rings (SSSR count). The van der Waals surface area contributed by atoms with Gasteiger partial charge in [-0.2, -0.15) is 0 Å². The first-order valence-corrected chi connectivity index (χ1v) is 7.51. The second-order valence-electron chi connectivity index (χ2n) is 4.01. The molecule has 0 spiro atoms. The topological polar surface area (TPSA) is 76.2 Å². The monoisotopic (exact) mass is 294 g/mol. The minimum Gasteiger partial charge on any atom is -0.481 e. The summed E-state index contributed by atoms with van der Waals surface area (Å²) in [6.45, 7) is 0. The van der Waals surface area contributed by atoms with Gasteiger partial charge >= 0.3 is 5.97 Å². The second-order valence-corrected chi connectivity index (χ2v) is 6.18. The summed E-state index contributed by atoms with van der Waals surface area (Å²) in [5.41, 5.74) is 1.29. The zero-order valence-electron chi connectivity index (χ0n) is 9.78. The number of aliphatic carboxylic acids is 1. The minimum absolute atomic E-state index is 0.0698. The number of hydrogen-bond donors (Lipinski definition) is 1. The highest BCUT2D eigenvalue weighted by Gasteiger charge is 2.27. The molecule has 0 aliphatic carbocycles. The van der Waals surface area contributed by atoms with Crippen molar-refractivity contribution >= 4 is 29.5 Å². The molecule has 2 heterocycles. The zero-order valence-corrected chi connectivity index (χ0v) is 11.4. The van der Waals surface area contributed by atoms with Gasteiger partial charge in [0.1, 0.15) is 5.75 Å². The van der Waals surface area contributed by atoms with E-state index in [0.29, 0.717) is 11.1 Å². The van der Waals surface area contributed by atoms with Crippen molar-refractivity contribution in [2.75, 3.05) is 5.75 Å². The summed E-state index contributed by atoms with van der Waals surface area (Å²) in [5.74, 6) is -0.402. The summed E-state index contributed by atoms with van der Waals surface area (Å²) >= 11 is 2.75. The lowest BCUT2D eigenvalue weighted by Gasteiger charge is -2.00. The number of nitrogens with zero attached hydrogens (tertiary/aromatic N) is 2. The molecule has 1 N–H and O–H groups in total. The van der Waals surface area contributed by atoms with Gasteiger partial charge in [0.2, 0.25) is 5.89 Å². The van der Waals surface area contributed by atoms with Gasteiger partial charge in [-0.1, -0.05) is 30.0 Å². The Kier molecular flexibility index (Phi) is 3.48. The first kappa shape index (κ1) is 12.6. The number of benzene rings is 1. The maximum absolute atomic E-state index is 10.5. The van der Waals surface area contributed by atoms with Gasteiger partial charge in [-0.3, -0.25) is 4.79 Å². The van der Waals surface area contributed by atoms with E-state index in [0.717, 1.165) is 18.2 Å². The maximum atomic E-state index is 10.5. The van der Waals surface area contributed by atoms with Gasteiger partial charge in [0, 0.05) is 4.90 Å². The highest BCUT2D eigenvalue weighted by Crippen LogP contribution is 2.45. The van der Waals surface area contributed by atoms with Crippen molar-refractivity contribution in [3.8, 4) is 0 Å². The molecule has 1 atom stereocenters. The van der Waals surface area contributed by atoms with Crippen LogP contribution in [0.15, 0.2) is 38.8 Å². The van der Waals surface area contributed by atoms with Crippen LogP contribution in [0.4, 0.5) is 0 Å². The summed E-state index contributed by atoms with van der Waals surface area (Å²) in [7, 11) is 0. The molecule has 7 heteroatoms. The molecule has 1 aromatic carbocycles. The van der Waals surface area contributed by atoms with Crippen molar-refractivity contribution in [1.29, 1.82) is 0 Å². The number of aromatic nitrogens is 2. The van der Waals surface area contributed by atoms with Crippen LogP contribution in [-0.4, -0.2) is 27.0 Å².